The molecule has 0 fully saturated rings. The molecule has 0 bridgehead atoms. The molecule has 0 spiro atoms. The molecule has 276 valence electrons. The van der Waals surface area contributed by atoms with Gasteiger partial charge in [0.25, 0.3) is 0 Å². The van der Waals surface area contributed by atoms with E-state index in [1.54, 1.807) is 0 Å². The van der Waals surface area contributed by atoms with Gasteiger partial charge in [-0.3, -0.25) is 4.57 Å². The third kappa shape index (κ3) is 5.36. The van der Waals surface area contributed by atoms with Gasteiger partial charge in [-0.1, -0.05) is 140 Å². The lowest BCUT2D eigenvalue weighted by Crippen LogP contribution is -2.07. The predicted molar refractivity (Wildman–Crippen MR) is 238 cm³/mol. The van der Waals surface area contributed by atoms with E-state index in [1.165, 1.54) is 0 Å². The van der Waals surface area contributed by atoms with Crippen LogP contribution >= 0.6 is 0 Å². The van der Waals surface area contributed by atoms with Gasteiger partial charge in [0.2, 0.25) is 11.8 Å². The highest BCUT2D eigenvalue weighted by atomic mass is 16.3. The normalized spacial score (nSPS) is 11.7. The van der Waals surface area contributed by atoms with Gasteiger partial charge in [0.15, 0.2) is 17.2 Å². The number of benzene rings is 8. The van der Waals surface area contributed by atoms with Crippen LogP contribution in [-0.4, -0.2) is 29.1 Å². The zero-order valence-corrected chi connectivity index (χ0v) is 31.6. The van der Waals surface area contributed by atoms with Gasteiger partial charge >= 0.3 is 0 Å². The average Bonchev–Trinajstić information content (AvgIpc) is 4.00. The van der Waals surface area contributed by atoms with Gasteiger partial charge in [0, 0.05) is 43.9 Å². The molecule has 7 heteroatoms. The Morgan fingerprint density at radius 1 is 0.356 bits per heavy atom. The molecule has 12 rings (SSSR count). The zero-order valence-electron chi connectivity index (χ0n) is 31.6. The molecule has 12 aromatic rings. The molecule has 4 aromatic heterocycles. The summed E-state index contributed by atoms with van der Waals surface area (Å²) in [6, 6.07) is 67.0. The van der Waals surface area contributed by atoms with Crippen molar-refractivity contribution in [3.8, 4) is 57.0 Å². The molecule has 0 aliphatic carbocycles. The van der Waals surface area contributed by atoms with Crippen molar-refractivity contribution in [2.75, 3.05) is 0 Å². The molecule has 0 saturated carbocycles. The fraction of sp³-hybridized carbons (Fsp3) is 0. The van der Waals surface area contributed by atoms with E-state index in [0.717, 1.165) is 88.2 Å². The van der Waals surface area contributed by atoms with Crippen molar-refractivity contribution >= 4 is 54.7 Å². The molecule has 0 N–H and O–H groups in total. The van der Waals surface area contributed by atoms with Crippen LogP contribution in [0.1, 0.15) is 0 Å². The largest absolute Gasteiger partial charge is 0.436 e. The van der Waals surface area contributed by atoms with Gasteiger partial charge in [0.1, 0.15) is 5.52 Å². The minimum absolute atomic E-state index is 0.542. The maximum Gasteiger partial charge on any atom is 0.238 e. The Balaban J connectivity index is 1.14. The molecule has 0 saturated heterocycles. The SMILES string of the molecule is c1ccc(-c2cccc(-c3nc(-c4ccccc4)nc(-n4c5ccccc5c5ccc6c7ccccc7n(-c7ccc(-c8nc9ccccc9o8)cc7)c6c54)n3)c2)cc1. The molecule has 0 amide bonds. The van der Waals surface area contributed by atoms with Crippen LogP contribution in [0.5, 0.6) is 0 Å². The van der Waals surface area contributed by atoms with Crippen molar-refractivity contribution in [1.29, 1.82) is 0 Å². The first-order chi connectivity index (χ1) is 29.2. The first-order valence-electron chi connectivity index (χ1n) is 19.6. The summed E-state index contributed by atoms with van der Waals surface area (Å²) in [5.74, 6) is 2.33. The number of fused-ring (bicyclic) bond motifs is 8. The van der Waals surface area contributed by atoms with Gasteiger partial charge in [0.05, 0.1) is 22.1 Å². The Morgan fingerprint density at radius 2 is 0.915 bits per heavy atom. The van der Waals surface area contributed by atoms with E-state index in [4.69, 9.17) is 24.4 Å². The Bertz CT molecular complexity index is 3510. The first kappa shape index (κ1) is 33.0. The number of oxazole rings is 1. The van der Waals surface area contributed by atoms with Gasteiger partial charge in [-0.15, -0.1) is 0 Å². The fourth-order valence-corrected chi connectivity index (χ4v) is 8.50. The summed E-state index contributed by atoms with van der Waals surface area (Å²) in [5.41, 5.74) is 11.8. The van der Waals surface area contributed by atoms with Crippen molar-refractivity contribution in [2.45, 2.75) is 0 Å². The maximum absolute atomic E-state index is 6.15. The van der Waals surface area contributed by atoms with Crippen LogP contribution in [0.3, 0.4) is 0 Å². The number of hydrogen-bond acceptors (Lipinski definition) is 5. The maximum atomic E-state index is 6.15. The second-order valence-electron chi connectivity index (χ2n) is 14.7. The lowest BCUT2D eigenvalue weighted by molar-refractivity contribution is 0.620. The molecule has 0 atom stereocenters. The van der Waals surface area contributed by atoms with Crippen LogP contribution in [0.2, 0.25) is 0 Å². The Hall–Kier alpha value is -8.16. The molecule has 0 unspecified atom stereocenters. The summed E-state index contributed by atoms with van der Waals surface area (Å²) in [6.45, 7) is 0. The quantitative estimate of drug-likeness (QED) is 0.169. The molecule has 7 nitrogen and oxygen atoms in total. The summed E-state index contributed by atoms with van der Waals surface area (Å²) in [7, 11) is 0. The lowest BCUT2D eigenvalue weighted by atomic mass is 10.0. The second-order valence-corrected chi connectivity index (χ2v) is 14.7. The van der Waals surface area contributed by atoms with E-state index >= 15 is 0 Å². The molecular weight excluding hydrogens is 725 g/mol. The minimum atomic E-state index is 0.542. The molecule has 8 aromatic carbocycles. The van der Waals surface area contributed by atoms with Crippen molar-refractivity contribution < 1.29 is 4.42 Å². The Morgan fingerprint density at radius 3 is 1.63 bits per heavy atom. The van der Waals surface area contributed by atoms with Crippen molar-refractivity contribution in [3.63, 3.8) is 0 Å². The number of para-hydroxylation sites is 4. The van der Waals surface area contributed by atoms with Gasteiger partial charge < -0.3 is 8.98 Å². The van der Waals surface area contributed by atoms with Crippen LogP contribution in [0.25, 0.3) is 112 Å². The van der Waals surface area contributed by atoms with E-state index in [9.17, 15) is 0 Å². The summed E-state index contributed by atoms with van der Waals surface area (Å²) >= 11 is 0. The first-order valence-corrected chi connectivity index (χ1v) is 19.6. The summed E-state index contributed by atoms with van der Waals surface area (Å²) in [5, 5.41) is 4.51. The summed E-state index contributed by atoms with van der Waals surface area (Å²) in [6.07, 6.45) is 0. The number of nitrogens with zero attached hydrogens (tertiary/aromatic N) is 6. The van der Waals surface area contributed by atoms with Crippen molar-refractivity contribution in [3.05, 3.63) is 194 Å². The summed E-state index contributed by atoms with van der Waals surface area (Å²) in [4.78, 5) is 20.5. The van der Waals surface area contributed by atoms with E-state index in [1.807, 2.05) is 48.5 Å². The van der Waals surface area contributed by atoms with Crippen molar-refractivity contribution in [2.24, 2.45) is 0 Å². The molecular formula is C52H32N6O. The van der Waals surface area contributed by atoms with Crippen LogP contribution in [0, 0.1) is 0 Å². The van der Waals surface area contributed by atoms with E-state index in [0.29, 0.717) is 23.5 Å². The van der Waals surface area contributed by atoms with Crippen LogP contribution < -0.4 is 0 Å². The number of rotatable bonds is 6. The topological polar surface area (TPSA) is 74.6 Å². The molecule has 0 radical (unpaired) electrons. The standard InChI is InChI=1S/C52H32N6O/c1-3-14-33(15-4-1)36-18-13-19-37(32-36)50-54-49(34-16-5-2-6-17-34)55-52(56-50)58-45-24-11-8-21-40(45)42-31-30-41-39-20-7-10-23-44(39)57(47(41)48(42)58)38-28-26-35(27-29-38)51-53-43-22-9-12-25-46(43)59-51/h1-32H. The van der Waals surface area contributed by atoms with Gasteiger partial charge in [-0.2, -0.15) is 9.97 Å². The van der Waals surface area contributed by atoms with E-state index in [-0.39, 0.29) is 0 Å². The summed E-state index contributed by atoms with van der Waals surface area (Å²) < 4.78 is 10.7. The third-order valence-corrected chi connectivity index (χ3v) is 11.2. The molecule has 4 heterocycles. The van der Waals surface area contributed by atoms with E-state index < -0.39 is 0 Å². The average molecular weight is 757 g/mol. The third-order valence-electron chi connectivity index (χ3n) is 11.2. The van der Waals surface area contributed by atoms with E-state index in [2.05, 4.69) is 155 Å². The zero-order chi connectivity index (χ0) is 38.9. The van der Waals surface area contributed by atoms with Crippen LogP contribution in [-0.2, 0) is 0 Å². The molecule has 0 aliphatic rings. The second kappa shape index (κ2) is 13.2. The highest BCUT2D eigenvalue weighted by Crippen LogP contribution is 2.42. The highest BCUT2D eigenvalue weighted by Gasteiger charge is 2.24. The van der Waals surface area contributed by atoms with Crippen molar-refractivity contribution in [1.82, 2.24) is 29.1 Å². The van der Waals surface area contributed by atoms with Crippen LogP contribution in [0.4, 0.5) is 0 Å². The molecule has 0 aliphatic heterocycles. The predicted octanol–water partition coefficient (Wildman–Crippen LogP) is 12.9. The Kier molecular flexibility index (Phi) is 7.40. The lowest BCUT2D eigenvalue weighted by Gasteiger charge is -2.13. The highest BCUT2D eigenvalue weighted by molar-refractivity contribution is 6.23. The number of aromatic nitrogens is 6. The fourth-order valence-electron chi connectivity index (χ4n) is 8.50. The number of hydrogen-bond donors (Lipinski definition) is 0. The molecule has 59 heavy (non-hydrogen) atoms. The smallest absolute Gasteiger partial charge is 0.238 e. The van der Waals surface area contributed by atoms with Gasteiger partial charge in [-0.25, -0.2) is 9.97 Å². The van der Waals surface area contributed by atoms with Crippen LogP contribution in [0.15, 0.2) is 199 Å². The Labute approximate surface area is 338 Å². The monoisotopic (exact) mass is 756 g/mol. The minimum Gasteiger partial charge on any atom is -0.436 e. The van der Waals surface area contributed by atoms with Gasteiger partial charge in [-0.05, 0) is 65.7 Å².